The van der Waals surface area contributed by atoms with Gasteiger partial charge in [-0.1, -0.05) is 6.07 Å². The topological polar surface area (TPSA) is 121 Å². The molecule has 0 atom stereocenters. The molecule has 134 valence electrons. The van der Waals surface area contributed by atoms with Gasteiger partial charge in [0.05, 0.1) is 18.6 Å². The summed E-state index contributed by atoms with van der Waals surface area (Å²) < 4.78 is 37.8. The zero-order valence-electron chi connectivity index (χ0n) is 13.6. The first-order chi connectivity index (χ1) is 11.9. The van der Waals surface area contributed by atoms with Crippen molar-refractivity contribution in [2.45, 2.75) is 18.4 Å². The van der Waals surface area contributed by atoms with Gasteiger partial charge in [0.15, 0.2) is 0 Å². The van der Waals surface area contributed by atoms with Crippen LogP contribution in [0.25, 0.3) is 0 Å². The van der Waals surface area contributed by atoms with Crippen LogP contribution in [0.4, 0.5) is 5.69 Å². The van der Waals surface area contributed by atoms with Crippen molar-refractivity contribution in [1.29, 1.82) is 0 Å². The minimum Gasteiger partial charge on any atom is -0.495 e. The summed E-state index contributed by atoms with van der Waals surface area (Å²) in [7, 11) is -2.77. The summed E-state index contributed by atoms with van der Waals surface area (Å²) in [5, 5.41) is 10.9. The van der Waals surface area contributed by atoms with Gasteiger partial charge in [0, 0.05) is 30.4 Å². The van der Waals surface area contributed by atoms with Crippen molar-refractivity contribution in [3.05, 3.63) is 52.2 Å². The van der Waals surface area contributed by atoms with E-state index in [1.165, 1.54) is 25.4 Å². The second-order valence-electron chi connectivity index (χ2n) is 4.82. The highest BCUT2D eigenvalue weighted by molar-refractivity contribution is 7.89. The van der Waals surface area contributed by atoms with Crippen molar-refractivity contribution in [3.63, 3.8) is 0 Å². The fraction of sp³-hybridized carbons (Fsp3) is 0.267. The summed E-state index contributed by atoms with van der Waals surface area (Å²) in [6.07, 6.45) is 1.53. The normalized spacial score (nSPS) is 11.1. The molecule has 0 radical (unpaired) electrons. The maximum Gasteiger partial charge on any atom is 0.271 e. The summed E-state index contributed by atoms with van der Waals surface area (Å²) in [5.41, 5.74) is 0.190. The first kappa shape index (κ1) is 18.6. The third-order valence-corrected chi connectivity index (χ3v) is 4.65. The van der Waals surface area contributed by atoms with E-state index in [1.807, 2.05) is 0 Å². The largest absolute Gasteiger partial charge is 0.495 e. The number of rotatable bonds is 8. The van der Waals surface area contributed by atoms with Crippen LogP contribution in [0.3, 0.4) is 0 Å². The average Bonchev–Trinajstić information content (AvgIpc) is 2.60. The van der Waals surface area contributed by atoms with Gasteiger partial charge < -0.3 is 9.47 Å². The number of pyridine rings is 1. The molecular weight excluding hydrogens is 350 g/mol. The van der Waals surface area contributed by atoms with E-state index >= 15 is 0 Å². The molecule has 1 aromatic heterocycles. The van der Waals surface area contributed by atoms with Crippen LogP contribution in [0.5, 0.6) is 11.6 Å². The number of nitrogens with one attached hydrogen (secondary N) is 1. The van der Waals surface area contributed by atoms with Crippen molar-refractivity contribution < 1.29 is 22.8 Å². The molecule has 10 heteroatoms. The zero-order chi connectivity index (χ0) is 18.4. The summed E-state index contributed by atoms with van der Waals surface area (Å²) in [6.45, 7) is 2.09. The van der Waals surface area contributed by atoms with Crippen LogP contribution in [-0.4, -0.2) is 32.0 Å². The van der Waals surface area contributed by atoms with E-state index < -0.39 is 14.9 Å². The number of benzene rings is 1. The fourth-order valence-corrected chi connectivity index (χ4v) is 3.26. The van der Waals surface area contributed by atoms with Gasteiger partial charge in [-0.05, 0) is 19.1 Å². The lowest BCUT2D eigenvalue weighted by Crippen LogP contribution is -2.24. The summed E-state index contributed by atoms with van der Waals surface area (Å²) in [4.78, 5) is 14.0. The van der Waals surface area contributed by atoms with Gasteiger partial charge in [0.25, 0.3) is 5.69 Å². The Morgan fingerprint density at radius 2 is 2.08 bits per heavy atom. The Hall–Kier alpha value is -2.72. The van der Waals surface area contributed by atoms with E-state index in [-0.39, 0.29) is 22.9 Å². The monoisotopic (exact) mass is 367 g/mol. The Kier molecular flexibility index (Phi) is 5.88. The first-order valence-electron chi connectivity index (χ1n) is 7.27. The van der Waals surface area contributed by atoms with E-state index in [9.17, 15) is 18.5 Å². The van der Waals surface area contributed by atoms with E-state index in [0.29, 0.717) is 18.1 Å². The highest BCUT2D eigenvalue weighted by Crippen LogP contribution is 2.28. The summed E-state index contributed by atoms with van der Waals surface area (Å²) in [6, 6.07) is 6.69. The maximum atomic E-state index is 12.6. The molecule has 0 spiro atoms. The predicted molar refractivity (Wildman–Crippen MR) is 89.1 cm³/mol. The lowest BCUT2D eigenvalue weighted by atomic mass is 10.3. The molecule has 0 fully saturated rings. The van der Waals surface area contributed by atoms with Gasteiger partial charge in [-0.3, -0.25) is 10.1 Å². The minimum atomic E-state index is -4.05. The molecule has 0 bridgehead atoms. The number of sulfonamides is 1. The Balaban J connectivity index is 2.31. The third kappa shape index (κ3) is 4.43. The molecule has 0 amide bonds. The molecule has 9 nitrogen and oxygen atoms in total. The SMILES string of the molecule is CCOc1ncccc1CNS(=O)(=O)c1cc([N+](=O)[O-])ccc1OC. The lowest BCUT2D eigenvalue weighted by molar-refractivity contribution is -0.385. The lowest BCUT2D eigenvalue weighted by Gasteiger charge is -2.12. The van der Waals surface area contributed by atoms with Crippen molar-refractivity contribution >= 4 is 15.7 Å². The number of methoxy groups -OCH3 is 1. The highest BCUT2D eigenvalue weighted by Gasteiger charge is 2.23. The number of hydrogen-bond donors (Lipinski definition) is 1. The summed E-state index contributed by atoms with van der Waals surface area (Å²) in [5.74, 6) is 0.327. The summed E-state index contributed by atoms with van der Waals surface area (Å²) >= 11 is 0. The predicted octanol–water partition coefficient (Wildman–Crippen LogP) is 1.88. The Morgan fingerprint density at radius 3 is 2.72 bits per heavy atom. The first-order valence-corrected chi connectivity index (χ1v) is 8.76. The molecular formula is C15H17N3O6S. The number of nitrogens with zero attached hydrogens (tertiary/aromatic N) is 2. The number of ether oxygens (including phenoxy) is 2. The number of nitro groups is 1. The molecule has 0 aliphatic heterocycles. The molecule has 0 saturated carbocycles. The highest BCUT2D eigenvalue weighted by atomic mass is 32.2. The zero-order valence-corrected chi connectivity index (χ0v) is 14.4. The van der Waals surface area contributed by atoms with E-state index in [1.54, 1.807) is 19.1 Å². The quantitative estimate of drug-likeness (QED) is 0.558. The molecule has 25 heavy (non-hydrogen) atoms. The van der Waals surface area contributed by atoms with Gasteiger partial charge in [0.2, 0.25) is 15.9 Å². The molecule has 0 saturated heterocycles. The van der Waals surface area contributed by atoms with Crippen LogP contribution < -0.4 is 14.2 Å². The van der Waals surface area contributed by atoms with Crippen LogP contribution in [0.1, 0.15) is 12.5 Å². The maximum absolute atomic E-state index is 12.6. The Bertz CT molecular complexity index is 869. The van der Waals surface area contributed by atoms with Gasteiger partial charge in [-0.25, -0.2) is 18.1 Å². The van der Waals surface area contributed by atoms with E-state index in [2.05, 4.69) is 9.71 Å². The van der Waals surface area contributed by atoms with E-state index in [4.69, 9.17) is 9.47 Å². The molecule has 0 unspecified atom stereocenters. The Labute approximate surface area is 144 Å². The minimum absolute atomic E-state index is 0.00863. The fourth-order valence-electron chi connectivity index (χ4n) is 2.06. The van der Waals surface area contributed by atoms with Crippen molar-refractivity contribution in [3.8, 4) is 11.6 Å². The van der Waals surface area contributed by atoms with Gasteiger partial charge in [-0.2, -0.15) is 0 Å². The third-order valence-electron chi connectivity index (χ3n) is 3.23. The van der Waals surface area contributed by atoms with Crippen LogP contribution in [0.2, 0.25) is 0 Å². The van der Waals surface area contributed by atoms with Gasteiger partial charge in [-0.15, -0.1) is 0 Å². The second-order valence-corrected chi connectivity index (χ2v) is 6.55. The van der Waals surface area contributed by atoms with Crippen molar-refractivity contribution in [2.24, 2.45) is 0 Å². The van der Waals surface area contributed by atoms with Crippen LogP contribution in [0.15, 0.2) is 41.4 Å². The van der Waals surface area contributed by atoms with E-state index in [0.717, 1.165) is 6.07 Å². The molecule has 1 N–H and O–H groups in total. The smallest absolute Gasteiger partial charge is 0.271 e. The average molecular weight is 367 g/mol. The van der Waals surface area contributed by atoms with Crippen molar-refractivity contribution in [2.75, 3.05) is 13.7 Å². The van der Waals surface area contributed by atoms with Crippen LogP contribution in [-0.2, 0) is 16.6 Å². The molecule has 1 heterocycles. The number of aromatic nitrogens is 1. The molecule has 2 rings (SSSR count). The Morgan fingerprint density at radius 1 is 1.32 bits per heavy atom. The standard InChI is InChI=1S/C15H17N3O6S/c1-3-24-15-11(5-4-8-16-15)10-17-25(21,22)14-9-12(18(19)20)6-7-13(14)23-2/h4-9,17H,3,10H2,1-2H3. The molecule has 1 aromatic carbocycles. The van der Waals surface area contributed by atoms with Crippen molar-refractivity contribution in [1.82, 2.24) is 9.71 Å². The van der Waals surface area contributed by atoms with Gasteiger partial charge in [0.1, 0.15) is 10.6 Å². The molecule has 0 aliphatic carbocycles. The van der Waals surface area contributed by atoms with Crippen LogP contribution >= 0.6 is 0 Å². The molecule has 2 aromatic rings. The number of non-ortho nitro benzene ring substituents is 1. The van der Waals surface area contributed by atoms with Crippen LogP contribution in [0, 0.1) is 10.1 Å². The number of hydrogen-bond acceptors (Lipinski definition) is 7. The number of nitro benzene ring substituents is 1. The second kappa shape index (κ2) is 7.90. The molecule has 0 aliphatic rings. The van der Waals surface area contributed by atoms with Gasteiger partial charge >= 0.3 is 0 Å².